The lowest BCUT2D eigenvalue weighted by molar-refractivity contribution is -0.140. The standard InChI is InChI=1S/C17H19F3N4O2/c1-16(2,3)26-15(25)23-7-10-4-5-12(6-11(10)8-23)24-9-13(21)14(22-24)17(18,19)20/h4-6,9H,7-8,21H2,1-3H3. The molecule has 0 spiro atoms. The van der Waals surface area contributed by atoms with Crippen LogP contribution in [0.3, 0.4) is 0 Å². The van der Waals surface area contributed by atoms with Crippen LogP contribution in [0.2, 0.25) is 0 Å². The Morgan fingerprint density at radius 3 is 2.42 bits per heavy atom. The second-order valence-corrected chi connectivity index (χ2v) is 7.16. The Labute approximate surface area is 148 Å². The van der Waals surface area contributed by atoms with Gasteiger partial charge in [-0.1, -0.05) is 6.07 Å². The molecule has 2 heterocycles. The van der Waals surface area contributed by atoms with E-state index in [-0.39, 0.29) is 0 Å². The van der Waals surface area contributed by atoms with Gasteiger partial charge in [0.15, 0.2) is 5.69 Å². The molecule has 3 rings (SSSR count). The van der Waals surface area contributed by atoms with Crippen LogP contribution in [0.1, 0.15) is 37.6 Å². The normalized spacial score (nSPS) is 14.5. The minimum Gasteiger partial charge on any atom is -0.444 e. The number of nitrogens with zero attached hydrogens (tertiary/aromatic N) is 3. The van der Waals surface area contributed by atoms with Gasteiger partial charge in [-0.15, -0.1) is 0 Å². The van der Waals surface area contributed by atoms with Gasteiger partial charge in [0.2, 0.25) is 0 Å². The Morgan fingerprint density at radius 1 is 1.19 bits per heavy atom. The Morgan fingerprint density at radius 2 is 1.85 bits per heavy atom. The number of benzene rings is 1. The van der Waals surface area contributed by atoms with E-state index in [4.69, 9.17) is 10.5 Å². The van der Waals surface area contributed by atoms with Crippen LogP contribution in [0, 0.1) is 0 Å². The minimum absolute atomic E-state index is 0.320. The number of nitrogen functional groups attached to an aromatic ring is 1. The van der Waals surface area contributed by atoms with E-state index >= 15 is 0 Å². The molecule has 6 nitrogen and oxygen atoms in total. The maximum Gasteiger partial charge on any atom is 0.437 e. The van der Waals surface area contributed by atoms with Crippen LogP contribution in [-0.2, 0) is 24.0 Å². The van der Waals surface area contributed by atoms with E-state index in [1.807, 2.05) is 0 Å². The van der Waals surface area contributed by atoms with Crippen molar-refractivity contribution in [2.24, 2.45) is 0 Å². The number of ether oxygens (including phenoxy) is 1. The second-order valence-electron chi connectivity index (χ2n) is 7.16. The van der Waals surface area contributed by atoms with Crippen molar-refractivity contribution in [2.75, 3.05) is 5.73 Å². The van der Waals surface area contributed by atoms with E-state index in [0.717, 1.165) is 22.0 Å². The molecule has 1 aliphatic rings. The van der Waals surface area contributed by atoms with Crippen molar-refractivity contribution in [3.63, 3.8) is 0 Å². The zero-order valence-corrected chi connectivity index (χ0v) is 14.6. The maximum absolute atomic E-state index is 12.9. The van der Waals surface area contributed by atoms with Crippen LogP contribution in [-0.4, -0.2) is 26.4 Å². The molecule has 2 N–H and O–H groups in total. The van der Waals surface area contributed by atoms with Crippen molar-refractivity contribution in [1.82, 2.24) is 14.7 Å². The summed E-state index contributed by atoms with van der Waals surface area (Å²) in [6.45, 7) is 6.06. The van der Waals surface area contributed by atoms with Crippen LogP contribution in [0.4, 0.5) is 23.7 Å². The van der Waals surface area contributed by atoms with Crippen molar-refractivity contribution in [2.45, 2.75) is 45.6 Å². The van der Waals surface area contributed by atoms with Gasteiger partial charge in [-0.3, -0.25) is 4.90 Å². The summed E-state index contributed by atoms with van der Waals surface area (Å²) in [5.41, 5.74) is 5.46. The van der Waals surface area contributed by atoms with Crippen LogP contribution < -0.4 is 5.73 Å². The van der Waals surface area contributed by atoms with Gasteiger partial charge in [-0.2, -0.15) is 18.3 Å². The van der Waals surface area contributed by atoms with Gasteiger partial charge in [0, 0.05) is 13.1 Å². The molecule has 0 fully saturated rings. The molecule has 0 saturated carbocycles. The number of anilines is 1. The third kappa shape index (κ3) is 3.61. The summed E-state index contributed by atoms with van der Waals surface area (Å²) >= 11 is 0. The van der Waals surface area contributed by atoms with E-state index in [2.05, 4.69) is 5.10 Å². The number of halogens is 3. The van der Waals surface area contributed by atoms with Gasteiger partial charge >= 0.3 is 12.3 Å². The molecule has 140 valence electrons. The molecular weight excluding hydrogens is 349 g/mol. The molecule has 0 aliphatic carbocycles. The molecule has 9 heteroatoms. The third-order valence-electron chi connectivity index (χ3n) is 3.84. The van der Waals surface area contributed by atoms with Crippen molar-refractivity contribution < 1.29 is 22.7 Å². The monoisotopic (exact) mass is 368 g/mol. The van der Waals surface area contributed by atoms with Crippen LogP contribution in [0.5, 0.6) is 0 Å². The molecule has 26 heavy (non-hydrogen) atoms. The Kier molecular flexibility index (Phi) is 4.12. The molecule has 0 saturated heterocycles. The number of hydrogen-bond donors (Lipinski definition) is 1. The fraction of sp³-hybridized carbons (Fsp3) is 0.412. The Bertz CT molecular complexity index is 853. The van der Waals surface area contributed by atoms with E-state index in [0.29, 0.717) is 18.8 Å². The first-order valence-electron chi connectivity index (χ1n) is 7.96. The van der Waals surface area contributed by atoms with E-state index in [9.17, 15) is 18.0 Å². The predicted octanol–water partition coefficient (Wildman–Crippen LogP) is 3.72. The molecule has 1 amide bonds. The third-order valence-corrected chi connectivity index (χ3v) is 3.84. The lowest BCUT2D eigenvalue weighted by Crippen LogP contribution is -2.33. The summed E-state index contributed by atoms with van der Waals surface area (Å²) in [7, 11) is 0. The van der Waals surface area contributed by atoms with E-state index in [1.165, 1.54) is 4.90 Å². The van der Waals surface area contributed by atoms with Crippen molar-refractivity contribution in [3.8, 4) is 5.69 Å². The second kappa shape index (κ2) is 5.93. The quantitative estimate of drug-likeness (QED) is 0.833. The molecule has 0 unspecified atom stereocenters. The summed E-state index contributed by atoms with van der Waals surface area (Å²) in [6, 6.07) is 5.11. The number of fused-ring (bicyclic) bond motifs is 1. The summed E-state index contributed by atoms with van der Waals surface area (Å²) in [5, 5.41) is 3.54. The largest absolute Gasteiger partial charge is 0.444 e. The molecule has 0 bridgehead atoms. The van der Waals surface area contributed by atoms with Crippen LogP contribution in [0.25, 0.3) is 5.69 Å². The lowest BCUT2D eigenvalue weighted by atomic mass is 10.1. The molecule has 1 aromatic heterocycles. The molecule has 0 radical (unpaired) electrons. The van der Waals surface area contributed by atoms with Crippen molar-refractivity contribution in [3.05, 3.63) is 41.2 Å². The van der Waals surface area contributed by atoms with Crippen molar-refractivity contribution >= 4 is 11.8 Å². The molecular formula is C17H19F3N4O2. The average molecular weight is 368 g/mol. The first kappa shape index (κ1) is 18.1. The van der Waals surface area contributed by atoms with Gasteiger partial charge in [-0.25, -0.2) is 9.48 Å². The Balaban J connectivity index is 1.83. The van der Waals surface area contributed by atoms with E-state index < -0.39 is 29.3 Å². The van der Waals surface area contributed by atoms with Gasteiger partial charge in [0.1, 0.15) is 5.60 Å². The van der Waals surface area contributed by atoms with Crippen molar-refractivity contribution in [1.29, 1.82) is 0 Å². The molecule has 1 aliphatic heterocycles. The topological polar surface area (TPSA) is 73.4 Å². The van der Waals surface area contributed by atoms with Gasteiger partial charge in [-0.05, 0) is 44.0 Å². The minimum atomic E-state index is -4.61. The molecule has 1 aromatic carbocycles. The summed E-state index contributed by atoms with van der Waals surface area (Å²) in [6.07, 6.45) is -3.91. The predicted molar refractivity (Wildman–Crippen MR) is 88.5 cm³/mol. The highest BCUT2D eigenvalue weighted by Crippen LogP contribution is 2.33. The number of rotatable bonds is 1. The number of carbonyl (C=O) groups is 1. The summed E-state index contributed by atoms with van der Waals surface area (Å²) in [5.74, 6) is 0. The molecule has 2 aromatic rings. The van der Waals surface area contributed by atoms with Gasteiger partial charge < -0.3 is 10.5 Å². The van der Waals surface area contributed by atoms with E-state index in [1.54, 1.807) is 39.0 Å². The highest BCUT2D eigenvalue weighted by atomic mass is 19.4. The van der Waals surface area contributed by atoms with Gasteiger partial charge in [0.05, 0.1) is 17.6 Å². The smallest absolute Gasteiger partial charge is 0.437 e. The lowest BCUT2D eigenvalue weighted by Gasteiger charge is -2.24. The first-order valence-corrected chi connectivity index (χ1v) is 7.96. The van der Waals surface area contributed by atoms with Gasteiger partial charge in [0.25, 0.3) is 0 Å². The SMILES string of the molecule is CC(C)(C)OC(=O)N1Cc2ccc(-n3cc(N)c(C(F)(F)F)n3)cc2C1. The zero-order chi connectivity index (χ0) is 19.3. The van der Waals surface area contributed by atoms with Crippen LogP contribution in [0.15, 0.2) is 24.4 Å². The number of carbonyl (C=O) groups excluding carboxylic acids is 1. The Hall–Kier alpha value is -2.71. The highest BCUT2D eigenvalue weighted by Gasteiger charge is 2.37. The summed E-state index contributed by atoms with van der Waals surface area (Å²) < 4.78 is 45.0. The average Bonchev–Trinajstić information content (AvgIpc) is 3.07. The fourth-order valence-corrected chi connectivity index (χ4v) is 2.72. The number of alkyl halides is 3. The highest BCUT2D eigenvalue weighted by molar-refractivity contribution is 5.69. The maximum atomic E-state index is 12.9. The fourth-order valence-electron chi connectivity index (χ4n) is 2.72. The number of amides is 1. The molecule has 0 atom stereocenters. The number of hydrogen-bond acceptors (Lipinski definition) is 4. The first-order chi connectivity index (χ1) is 11.9. The number of aromatic nitrogens is 2. The zero-order valence-electron chi connectivity index (χ0n) is 14.6. The number of nitrogens with two attached hydrogens (primary N) is 1. The summed E-state index contributed by atoms with van der Waals surface area (Å²) in [4.78, 5) is 13.7. The van der Waals surface area contributed by atoms with Crippen LogP contribution >= 0.6 is 0 Å².